The topological polar surface area (TPSA) is 12.0 Å². The molecule has 2 atom stereocenters. The van der Waals surface area contributed by atoms with Crippen molar-refractivity contribution in [1.29, 1.82) is 0 Å². The molecular weight excluding hydrogens is 170 g/mol. The van der Waals surface area contributed by atoms with Gasteiger partial charge in [-0.25, -0.2) is 0 Å². The van der Waals surface area contributed by atoms with Gasteiger partial charge in [0.15, 0.2) is 0 Å². The van der Waals surface area contributed by atoms with Gasteiger partial charge in [0.05, 0.1) is 5.54 Å². The number of hydrogen-bond donors (Lipinski definition) is 1. The van der Waals surface area contributed by atoms with E-state index >= 15 is 0 Å². The van der Waals surface area contributed by atoms with Gasteiger partial charge in [0.25, 0.3) is 0 Å². The van der Waals surface area contributed by atoms with Gasteiger partial charge in [-0.05, 0) is 32.6 Å². The van der Waals surface area contributed by atoms with Gasteiger partial charge in [0.1, 0.15) is 0 Å². The van der Waals surface area contributed by atoms with E-state index in [1.165, 1.54) is 32.1 Å². The van der Waals surface area contributed by atoms with Crippen molar-refractivity contribution in [3.05, 3.63) is 0 Å². The van der Waals surface area contributed by atoms with Gasteiger partial charge in [-0.3, -0.25) is 5.32 Å². The molecule has 1 aliphatic rings. The summed E-state index contributed by atoms with van der Waals surface area (Å²) in [5.41, 5.74) is -0.139. The largest absolute Gasteiger partial charge is 0.299 e. The minimum absolute atomic E-state index is 0.139. The highest BCUT2D eigenvalue weighted by Gasteiger charge is 2.25. The summed E-state index contributed by atoms with van der Waals surface area (Å²) in [5, 5.41) is 3.57. The first-order valence-corrected chi connectivity index (χ1v) is 5.83. The summed E-state index contributed by atoms with van der Waals surface area (Å²) in [4.78, 5) is 0. The summed E-state index contributed by atoms with van der Waals surface area (Å²) in [7, 11) is 0. The third kappa shape index (κ3) is 3.35. The maximum Gasteiger partial charge on any atom is 0.0743 e. The smallest absolute Gasteiger partial charge is 0.0743 e. The fourth-order valence-corrected chi connectivity index (χ4v) is 2.34. The zero-order chi connectivity index (χ0) is 10.6. The first-order valence-electron chi connectivity index (χ1n) is 5.83. The first-order chi connectivity index (χ1) is 6.57. The second-order valence-electron chi connectivity index (χ2n) is 5.05. The van der Waals surface area contributed by atoms with Crippen molar-refractivity contribution in [1.82, 2.24) is 5.32 Å². The molecule has 0 radical (unpaired) electrons. The molecule has 0 aliphatic heterocycles. The molecule has 1 rings (SSSR count). The average molecular weight is 193 g/mol. The Morgan fingerprint density at radius 3 is 2.71 bits per heavy atom. The lowest BCUT2D eigenvalue weighted by atomic mass is 9.83. The quantitative estimate of drug-likeness (QED) is 0.680. The van der Waals surface area contributed by atoms with Crippen molar-refractivity contribution in [3.8, 4) is 12.3 Å². The van der Waals surface area contributed by atoms with Crippen molar-refractivity contribution in [3.63, 3.8) is 0 Å². The molecular formula is C13H23N. The molecule has 0 heterocycles. The van der Waals surface area contributed by atoms with Crippen LogP contribution in [0.15, 0.2) is 0 Å². The van der Waals surface area contributed by atoms with E-state index < -0.39 is 0 Å². The molecule has 1 aliphatic carbocycles. The fraction of sp³-hybridized carbons (Fsp3) is 0.846. The van der Waals surface area contributed by atoms with Crippen molar-refractivity contribution < 1.29 is 0 Å². The van der Waals surface area contributed by atoms with Crippen LogP contribution in [0.1, 0.15) is 52.9 Å². The van der Waals surface area contributed by atoms with E-state index in [1.807, 2.05) is 0 Å². The van der Waals surface area contributed by atoms with Crippen molar-refractivity contribution in [2.24, 2.45) is 5.92 Å². The van der Waals surface area contributed by atoms with Crippen LogP contribution in [0.25, 0.3) is 0 Å². The molecule has 2 unspecified atom stereocenters. The zero-order valence-electron chi connectivity index (χ0n) is 9.77. The zero-order valence-corrected chi connectivity index (χ0v) is 9.77. The summed E-state index contributed by atoms with van der Waals surface area (Å²) in [5.74, 6) is 3.72. The minimum Gasteiger partial charge on any atom is -0.299 e. The number of nitrogens with one attached hydrogen (secondary N) is 1. The summed E-state index contributed by atoms with van der Waals surface area (Å²) < 4.78 is 0. The van der Waals surface area contributed by atoms with Crippen LogP contribution in [-0.2, 0) is 0 Å². The van der Waals surface area contributed by atoms with Crippen LogP contribution in [0.5, 0.6) is 0 Å². The van der Waals surface area contributed by atoms with Gasteiger partial charge >= 0.3 is 0 Å². The molecule has 1 heteroatoms. The third-order valence-electron chi connectivity index (χ3n) is 3.29. The summed E-state index contributed by atoms with van der Waals surface area (Å²) in [6.07, 6.45) is 12.2. The van der Waals surface area contributed by atoms with Crippen LogP contribution in [0, 0.1) is 18.3 Å². The normalized spacial score (nSPS) is 28.4. The van der Waals surface area contributed by atoms with Crippen molar-refractivity contribution in [2.45, 2.75) is 64.5 Å². The molecule has 0 saturated heterocycles. The minimum atomic E-state index is -0.139. The highest BCUT2D eigenvalue weighted by Crippen LogP contribution is 2.27. The Morgan fingerprint density at radius 1 is 1.43 bits per heavy atom. The molecule has 1 saturated carbocycles. The predicted octanol–water partition coefficient (Wildman–Crippen LogP) is 2.96. The number of terminal acetylenes is 1. The molecule has 1 N–H and O–H groups in total. The molecule has 0 aromatic rings. The van der Waals surface area contributed by atoms with Gasteiger partial charge < -0.3 is 0 Å². The van der Waals surface area contributed by atoms with Crippen LogP contribution < -0.4 is 5.32 Å². The Morgan fingerprint density at radius 2 is 2.14 bits per heavy atom. The molecule has 0 amide bonds. The summed E-state index contributed by atoms with van der Waals surface area (Å²) in [6.45, 7) is 6.46. The third-order valence-corrected chi connectivity index (χ3v) is 3.29. The lowest BCUT2D eigenvalue weighted by Gasteiger charge is -2.34. The van der Waals surface area contributed by atoms with Crippen molar-refractivity contribution >= 4 is 0 Å². The Bertz CT molecular complexity index is 212. The summed E-state index contributed by atoms with van der Waals surface area (Å²) >= 11 is 0. The van der Waals surface area contributed by atoms with Crippen LogP contribution in [0.4, 0.5) is 0 Å². The molecule has 1 fully saturated rings. The fourth-order valence-electron chi connectivity index (χ4n) is 2.34. The maximum atomic E-state index is 5.48. The van der Waals surface area contributed by atoms with Gasteiger partial charge in [-0.2, -0.15) is 0 Å². The maximum absolute atomic E-state index is 5.48. The monoisotopic (exact) mass is 193 g/mol. The van der Waals surface area contributed by atoms with E-state index in [4.69, 9.17) is 6.42 Å². The highest BCUT2D eigenvalue weighted by molar-refractivity contribution is 5.08. The summed E-state index contributed by atoms with van der Waals surface area (Å²) in [6, 6.07) is 0.639. The van der Waals surface area contributed by atoms with Crippen LogP contribution in [0.2, 0.25) is 0 Å². The van der Waals surface area contributed by atoms with E-state index in [-0.39, 0.29) is 5.54 Å². The second kappa shape index (κ2) is 4.84. The molecule has 1 nitrogen and oxygen atoms in total. The highest BCUT2D eigenvalue weighted by atomic mass is 15.0. The van der Waals surface area contributed by atoms with E-state index in [2.05, 4.69) is 32.0 Å². The van der Waals surface area contributed by atoms with Crippen LogP contribution in [0.3, 0.4) is 0 Å². The lowest BCUT2D eigenvalue weighted by molar-refractivity contribution is 0.253. The second-order valence-corrected chi connectivity index (χ2v) is 5.05. The molecule has 0 aromatic heterocycles. The Hall–Kier alpha value is -0.480. The van der Waals surface area contributed by atoms with Crippen LogP contribution in [-0.4, -0.2) is 11.6 Å². The Kier molecular flexibility index (Phi) is 4.01. The number of hydrogen-bond acceptors (Lipinski definition) is 1. The molecule has 0 spiro atoms. The molecule has 0 aromatic carbocycles. The predicted molar refractivity (Wildman–Crippen MR) is 62.1 cm³/mol. The van der Waals surface area contributed by atoms with E-state index in [9.17, 15) is 0 Å². The van der Waals surface area contributed by atoms with E-state index in [0.29, 0.717) is 6.04 Å². The Balaban J connectivity index is 2.42. The average Bonchev–Trinajstić information content (AvgIpc) is 2.17. The standard InChI is InChI=1S/C13H23N/c1-5-11-8-7-9-12(10-11)14-13(3,4)6-2/h2,11-12,14H,5,7-10H2,1,3-4H3. The van der Waals surface area contributed by atoms with Gasteiger partial charge in [0.2, 0.25) is 0 Å². The van der Waals surface area contributed by atoms with Crippen molar-refractivity contribution in [2.75, 3.05) is 0 Å². The Labute approximate surface area is 88.7 Å². The molecule has 14 heavy (non-hydrogen) atoms. The van der Waals surface area contributed by atoms with Gasteiger partial charge in [-0.15, -0.1) is 6.42 Å². The van der Waals surface area contributed by atoms with Gasteiger partial charge in [0, 0.05) is 6.04 Å². The number of rotatable bonds is 3. The molecule has 0 bridgehead atoms. The van der Waals surface area contributed by atoms with Crippen LogP contribution >= 0.6 is 0 Å². The first kappa shape index (κ1) is 11.6. The van der Waals surface area contributed by atoms with Gasteiger partial charge in [-0.1, -0.05) is 32.1 Å². The SMILES string of the molecule is C#CC(C)(C)NC1CCCC(CC)C1. The van der Waals surface area contributed by atoms with E-state index in [1.54, 1.807) is 0 Å². The van der Waals surface area contributed by atoms with E-state index in [0.717, 1.165) is 5.92 Å². The lowest BCUT2D eigenvalue weighted by Crippen LogP contribution is -2.46. The molecule has 80 valence electrons.